The number of ether oxygens (including phenoxy) is 9. The molecule has 1 amide bonds. The molecule has 0 saturated carbocycles. The van der Waals surface area contributed by atoms with Gasteiger partial charge in [-0.2, -0.15) is 5.26 Å². The predicted octanol–water partition coefficient (Wildman–Crippen LogP) is 4.49. The third kappa shape index (κ3) is 8.25. The molecule has 0 bridgehead atoms. The maximum atomic E-state index is 13.4. The molecule has 13 heteroatoms. The van der Waals surface area contributed by atoms with Crippen molar-refractivity contribution in [1.82, 2.24) is 5.32 Å². The number of rotatable bonds is 17. The molecule has 4 aromatic rings. The normalized spacial score (nSPS) is 10.8. The van der Waals surface area contributed by atoms with E-state index in [9.17, 15) is 4.79 Å². The van der Waals surface area contributed by atoms with Crippen LogP contribution in [0.5, 0.6) is 51.7 Å². The molecule has 0 saturated heterocycles. The number of carbonyl (C=O) groups is 1. The van der Waals surface area contributed by atoms with Crippen LogP contribution in [0.15, 0.2) is 60.7 Å². The second kappa shape index (κ2) is 18.5. The fourth-order valence-electron chi connectivity index (χ4n) is 6.49. The summed E-state index contributed by atoms with van der Waals surface area (Å²) in [6.07, 6.45) is 0.881. The molecule has 0 spiro atoms. The number of hydrogen-bond acceptors (Lipinski definition) is 11. The van der Waals surface area contributed by atoms with Crippen molar-refractivity contribution in [2.75, 3.05) is 76.7 Å². The van der Waals surface area contributed by atoms with Gasteiger partial charge in [0, 0.05) is 0 Å². The molecule has 0 fully saturated rings. The Morgan fingerprint density at radius 3 is 1.25 bits per heavy atom. The minimum atomic E-state index is -3.71. The standard InChI is InChI=1S/C40H45N2O10P/c1-44-28-20-31(47-4)37(32(21-28)48-5)53(38-33(49-6)22-29(45-2)23-34(38)50-7,39-35(51-8)24-30(46-3)25-36(39)52-9)19-11-18-42-40(43)27-15-13-26(14-16-27)12-10-17-41/h13-16,20-25,53H,11,18-19H2,1-9H3,(H,42,43). The van der Waals surface area contributed by atoms with Gasteiger partial charge in [-0.25, -0.2) is 0 Å². The van der Waals surface area contributed by atoms with Crippen LogP contribution >= 0.6 is 7.26 Å². The number of nitrogens with one attached hydrogen (secondary N) is 1. The number of benzene rings is 4. The van der Waals surface area contributed by atoms with E-state index >= 15 is 0 Å². The van der Waals surface area contributed by atoms with Crippen LogP contribution in [0.1, 0.15) is 22.3 Å². The van der Waals surface area contributed by atoms with Crippen LogP contribution in [0, 0.1) is 23.2 Å². The molecule has 0 radical (unpaired) electrons. The van der Waals surface area contributed by atoms with E-state index < -0.39 is 7.26 Å². The summed E-state index contributed by atoms with van der Waals surface area (Å²) >= 11 is 0. The van der Waals surface area contributed by atoms with Crippen molar-refractivity contribution >= 4 is 29.1 Å². The molecule has 4 rings (SSSR count). The molecule has 0 aliphatic heterocycles. The van der Waals surface area contributed by atoms with E-state index in [1.165, 1.54) is 0 Å². The molecular formula is C40H45N2O10P. The quantitative estimate of drug-likeness (QED) is 0.0932. The van der Waals surface area contributed by atoms with Crippen molar-refractivity contribution in [3.8, 4) is 69.7 Å². The van der Waals surface area contributed by atoms with Gasteiger partial charge in [0.25, 0.3) is 0 Å². The molecule has 280 valence electrons. The average Bonchev–Trinajstić information content (AvgIpc) is 3.21. The van der Waals surface area contributed by atoms with Crippen molar-refractivity contribution in [3.63, 3.8) is 0 Å². The zero-order valence-electron chi connectivity index (χ0n) is 31.4. The van der Waals surface area contributed by atoms with E-state index in [1.54, 1.807) is 131 Å². The van der Waals surface area contributed by atoms with Gasteiger partial charge in [0.1, 0.15) is 0 Å². The average molecular weight is 745 g/mol. The van der Waals surface area contributed by atoms with Crippen molar-refractivity contribution in [2.24, 2.45) is 0 Å². The molecule has 1 N–H and O–H groups in total. The third-order valence-corrected chi connectivity index (χ3v) is 14.0. The van der Waals surface area contributed by atoms with Gasteiger partial charge in [-0.1, -0.05) is 0 Å². The summed E-state index contributed by atoms with van der Waals surface area (Å²) in [5.41, 5.74) is 1.08. The second-order valence-electron chi connectivity index (χ2n) is 11.4. The molecule has 0 unspecified atom stereocenters. The Kier molecular flexibility index (Phi) is 13.9. The summed E-state index contributed by atoms with van der Waals surface area (Å²) in [6, 6.07) is 19.3. The number of amides is 1. The molecule has 0 aromatic heterocycles. The molecule has 12 nitrogen and oxygen atoms in total. The zero-order valence-corrected chi connectivity index (χ0v) is 32.4. The Bertz CT molecular complexity index is 1790. The van der Waals surface area contributed by atoms with Crippen molar-refractivity contribution in [3.05, 3.63) is 71.8 Å². The summed E-state index contributed by atoms with van der Waals surface area (Å²) in [5.74, 6) is 9.28. The zero-order chi connectivity index (χ0) is 38.5. The SMILES string of the molecule is COc1cc(OC)c([PH](CCCNC(=O)c2ccc(C#CC#N)cc2)(c2c(OC)cc(OC)cc2OC)c2c(OC)cc(OC)cc2OC)c(OC)c1. The molecule has 0 aliphatic carbocycles. The number of carbonyl (C=O) groups excluding carboxylic acids is 1. The Morgan fingerprint density at radius 2 is 0.943 bits per heavy atom. The van der Waals surface area contributed by atoms with E-state index in [1.807, 2.05) is 0 Å². The summed E-state index contributed by atoms with van der Waals surface area (Å²) < 4.78 is 54.0. The monoisotopic (exact) mass is 744 g/mol. The van der Waals surface area contributed by atoms with Crippen molar-refractivity contribution in [1.29, 1.82) is 5.26 Å². The Balaban J connectivity index is 2.07. The summed E-state index contributed by atoms with van der Waals surface area (Å²) in [6.45, 7) is 0.284. The first-order valence-corrected chi connectivity index (χ1v) is 18.6. The fourth-order valence-corrected chi connectivity index (χ4v) is 12.3. The molecule has 0 heterocycles. The van der Waals surface area contributed by atoms with E-state index in [2.05, 4.69) is 17.2 Å². The number of nitriles is 1. The molecule has 53 heavy (non-hydrogen) atoms. The molecular weight excluding hydrogens is 699 g/mol. The topological polar surface area (TPSA) is 136 Å². The van der Waals surface area contributed by atoms with Gasteiger partial charge in [-0.05, 0) is 0 Å². The van der Waals surface area contributed by atoms with Crippen LogP contribution in [0.25, 0.3) is 0 Å². The van der Waals surface area contributed by atoms with E-state index in [4.69, 9.17) is 47.9 Å². The van der Waals surface area contributed by atoms with Crippen LogP contribution < -0.4 is 63.9 Å². The van der Waals surface area contributed by atoms with Gasteiger partial charge in [0.2, 0.25) is 0 Å². The van der Waals surface area contributed by atoms with Crippen LogP contribution in [0.3, 0.4) is 0 Å². The fraction of sp³-hybridized carbons (Fsp3) is 0.300. The Morgan fingerprint density at radius 1 is 0.585 bits per heavy atom. The minimum absolute atomic E-state index is 0.268. The number of nitrogens with zero attached hydrogens (tertiary/aromatic N) is 1. The van der Waals surface area contributed by atoms with E-state index in [0.29, 0.717) is 91.4 Å². The number of hydrogen-bond donors (Lipinski definition) is 1. The van der Waals surface area contributed by atoms with Crippen LogP contribution in [0.2, 0.25) is 0 Å². The first-order chi connectivity index (χ1) is 25.7. The van der Waals surface area contributed by atoms with E-state index in [-0.39, 0.29) is 12.5 Å². The predicted molar refractivity (Wildman–Crippen MR) is 206 cm³/mol. The maximum absolute atomic E-state index is 13.4. The van der Waals surface area contributed by atoms with Crippen molar-refractivity contribution in [2.45, 2.75) is 6.42 Å². The Labute approximate surface area is 311 Å². The molecule has 0 atom stereocenters. The van der Waals surface area contributed by atoms with Gasteiger partial charge in [0.15, 0.2) is 0 Å². The van der Waals surface area contributed by atoms with Crippen molar-refractivity contribution < 1.29 is 47.4 Å². The van der Waals surface area contributed by atoms with Crippen LogP contribution in [-0.4, -0.2) is 82.6 Å². The summed E-state index contributed by atoms with van der Waals surface area (Å²) in [7, 11) is 10.5. The second-order valence-corrected chi connectivity index (χ2v) is 15.2. The van der Waals surface area contributed by atoms with Gasteiger partial charge in [-0.3, -0.25) is 0 Å². The number of methoxy groups -OCH3 is 9. The summed E-state index contributed by atoms with van der Waals surface area (Å²) in [5, 5.41) is 14.0. The van der Waals surface area contributed by atoms with Crippen LogP contribution in [-0.2, 0) is 0 Å². The molecule has 0 aliphatic rings. The first-order valence-electron chi connectivity index (χ1n) is 16.4. The van der Waals surface area contributed by atoms with Gasteiger partial charge in [-0.15, -0.1) is 0 Å². The van der Waals surface area contributed by atoms with Gasteiger partial charge < -0.3 is 0 Å². The third-order valence-electron chi connectivity index (χ3n) is 8.85. The van der Waals surface area contributed by atoms with Gasteiger partial charge >= 0.3 is 306 Å². The van der Waals surface area contributed by atoms with Gasteiger partial charge in [0.05, 0.1) is 0 Å². The molecule has 4 aromatic carbocycles. The Hall–Kier alpha value is -5.97. The summed E-state index contributed by atoms with van der Waals surface area (Å²) in [4.78, 5) is 13.4. The van der Waals surface area contributed by atoms with Crippen LogP contribution in [0.4, 0.5) is 0 Å². The first kappa shape index (κ1) is 39.8. The van der Waals surface area contributed by atoms with E-state index in [0.717, 1.165) is 0 Å².